The minimum atomic E-state index is -0.362. The number of aliphatic hydroxyl groups is 1. The largest absolute Gasteiger partial charge is 0.445 e. The Labute approximate surface area is 112 Å². The number of aromatic nitrogens is 1. The maximum absolute atomic E-state index is 9.83. The minimum absolute atomic E-state index is 0.0870. The molecule has 0 saturated carbocycles. The first kappa shape index (κ1) is 12.4. The van der Waals surface area contributed by atoms with Gasteiger partial charge in [-0.2, -0.15) is 0 Å². The van der Waals surface area contributed by atoms with Crippen LogP contribution in [-0.4, -0.2) is 16.7 Å². The first-order valence-corrected chi connectivity index (χ1v) is 6.59. The third-order valence-corrected chi connectivity index (χ3v) is 3.87. The molecule has 100 valence electrons. The van der Waals surface area contributed by atoms with Crippen LogP contribution in [-0.2, 0) is 18.5 Å². The third kappa shape index (κ3) is 2.17. The summed E-state index contributed by atoms with van der Waals surface area (Å²) in [5, 5.41) is 13.3. The molecule has 2 aromatic rings. The number of aryl methyl sites for hydroxylation is 2. The van der Waals surface area contributed by atoms with Crippen LogP contribution in [0.3, 0.4) is 0 Å². The van der Waals surface area contributed by atoms with Crippen molar-refractivity contribution in [2.45, 2.75) is 31.8 Å². The Hall–Kier alpha value is -1.65. The highest BCUT2D eigenvalue weighted by molar-refractivity contribution is 5.38. The molecular weight excluding hydrogens is 240 g/mol. The minimum Gasteiger partial charge on any atom is -0.445 e. The molecule has 3 rings (SSSR count). The second-order valence-electron chi connectivity index (χ2n) is 5.12. The Balaban J connectivity index is 1.81. The SMILES string of the molecule is Cc1cnc(CNC2(CO)CCc3ccccc32)o1. The summed E-state index contributed by atoms with van der Waals surface area (Å²) in [6.07, 6.45) is 3.61. The topological polar surface area (TPSA) is 58.3 Å². The van der Waals surface area contributed by atoms with Gasteiger partial charge in [0.1, 0.15) is 5.76 Å². The van der Waals surface area contributed by atoms with Crippen LogP contribution in [0.5, 0.6) is 0 Å². The number of fused-ring (bicyclic) bond motifs is 1. The standard InChI is InChI=1S/C15H18N2O2/c1-11-8-16-14(19-11)9-17-15(10-18)7-6-12-4-2-3-5-13(12)15/h2-5,8,17-18H,6-7,9-10H2,1H3. The average molecular weight is 258 g/mol. The van der Waals surface area contributed by atoms with E-state index in [0.717, 1.165) is 18.6 Å². The highest BCUT2D eigenvalue weighted by Crippen LogP contribution is 2.36. The predicted octanol–water partition coefficient (Wildman–Crippen LogP) is 1.91. The van der Waals surface area contributed by atoms with E-state index < -0.39 is 0 Å². The van der Waals surface area contributed by atoms with Crippen molar-refractivity contribution in [2.24, 2.45) is 0 Å². The lowest BCUT2D eigenvalue weighted by Crippen LogP contribution is -2.43. The summed E-state index contributed by atoms with van der Waals surface area (Å²) in [7, 11) is 0. The lowest BCUT2D eigenvalue weighted by atomic mass is 9.92. The van der Waals surface area contributed by atoms with E-state index in [4.69, 9.17) is 4.42 Å². The summed E-state index contributed by atoms with van der Waals surface area (Å²) in [5.74, 6) is 1.47. The van der Waals surface area contributed by atoms with Gasteiger partial charge in [0.2, 0.25) is 5.89 Å². The molecule has 0 fully saturated rings. The molecule has 1 unspecified atom stereocenters. The van der Waals surface area contributed by atoms with E-state index in [1.807, 2.05) is 19.1 Å². The van der Waals surface area contributed by atoms with Crippen LogP contribution in [0, 0.1) is 6.92 Å². The number of hydrogen-bond donors (Lipinski definition) is 2. The molecule has 0 spiro atoms. The van der Waals surface area contributed by atoms with E-state index in [0.29, 0.717) is 12.4 Å². The molecule has 4 nitrogen and oxygen atoms in total. The van der Waals surface area contributed by atoms with Gasteiger partial charge in [0.05, 0.1) is 24.9 Å². The van der Waals surface area contributed by atoms with Crippen LogP contribution < -0.4 is 5.32 Å². The van der Waals surface area contributed by atoms with E-state index in [9.17, 15) is 5.11 Å². The summed E-state index contributed by atoms with van der Waals surface area (Å²) < 4.78 is 5.47. The lowest BCUT2D eigenvalue weighted by Gasteiger charge is -2.29. The van der Waals surface area contributed by atoms with E-state index in [1.165, 1.54) is 11.1 Å². The Morgan fingerprint density at radius 2 is 2.26 bits per heavy atom. The van der Waals surface area contributed by atoms with Crippen molar-refractivity contribution in [3.05, 3.63) is 53.2 Å². The van der Waals surface area contributed by atoms with Gasteiger partial charge in [-0.3, -0.25) is 5.32 Å². The highest BCUT2D eigenvalue weighted by atomic mass is 16.4. The number of benzene rings is 1. The summed E-state index contributed by atoms with van der Waals surface area (Å²) in [4.78, 5) is 4.19. The molecule has 1 aromatic heterocycles. The molecule has 0 saturated heterocycles. The first-order valence-electron chi connectivity index (χ1n) is 6.59. The Morgan fingerprint density at radius 1 is 1.42 bits per heavy atom. The van der Waals surface area contributed by atoms with Gasteiger partial charge in [0, 0.05) is 0 Å². The van der Waals surface area contributed by atoms with Crippen molar-refractivity contribution in [3.63, 3.8) is 0 Å². The van der Waals surface area contributed by atoms with Gasteiger partial charge in [0.25, 0.3) is 0 Å². The van der Waals surface area contributed by atoms with Crippen molar-refractivity contribution in [2.75, 3.05) is 6.61 Å². The van der Waals surface area contributed by atoms with Crippen molar-refractivity contribution in [1.29, 1.82) is 0 Å². The van der Waals surface area contributed by atoms with Gasteiger partial charge in [-0.1, -0.05) is 24.3 Å². The monoisotopic (exact) mass is 258 g/mol. The van der Waals surface area contributed by atoms with Crippen molar-refractivity contribution in [3.8, 4) is 0 Å². The number of oxazole rings is 1. The molecule has 1 aliphatic rings. The van der Waals surface area contributed by atoms with Crippen LogP contribution in [0.1, 0.15) is 29.2 Å². The fourth-order valence-electron chi connectivity index (χ4n) is 2.82. The molecule has 2 N–H and O–H groups in total. The van der Waals surface area contributed by atoms with E-state index in [-0.39, 0.29) is 12.1 Å². The quantitative estimate of drug-likeness (QED) is 0.879. The zero-order valence-corrected chi connectivity index (χ0v) is 11.0. The lowest BCUT2D eigenvalue weighted by molar-refractivity contribution is 0.155. The van der Waals surface area contributed by atoms with Crippen LogP contribution in [0.4, 0.5) is 0 Å². The Morgan fingerprint density at radius 3 is 3.00 bits per heavy atom. The molecule has 0 amide bonds. The molecule has 1 atom stereocenters. The summed E-state index contributed by atoms with van der Waals surface area (Å²) in [6, 6.07) is 8.28. The summed E-state index contributed by atoms with van der Waals surface area (Å²) in [5.41, 5.74) is 2.15. The van der Waals surface area contributed by atoms with E-state index in [2.05, 4.69) is 22.4 Å². The van der Waals surface area contributed by atoms with Gasteiger partial charge in [-0.25, -0.2) is 4.98 Å². The maximum atomic E-state index is 9.83. The second kappa shape index (κ2) is 4.79. The molecule has 19 heavy (non-hydrogen) atoms. The number of aliphatic hydroxyl groups excluding tert-OH is 1. The van der Waals surface area contributed by atoms with Gasteiger partial charge < -0.3 is 9.52 Å². The van der Waals surface area contributed by atoms with Crippen molar-refractivity contribution < 1.29 is 9.52 Å². The van der Waals surface area contributed by atoms with Gasteiger partial charge in [-0.15, -0.1) is 0 Å². The van der Waals surface area contributed by atoms with Crippen molar-refractivity contribution >= 4 is 0 Å². The molecular formula is C15H18N2O2. The van der Waals surface area contributed by atoms with Gasteiger partial charge >= 0.3 is 0 Å². The maximum Gasteiger partial charge on any atom is 0.208 e. The summed E-state index contributed by atoms with van der Waals surface area (Å²) in [6.45, 7) is 2.50. The molecule has 1 aliphatic carbocycles. The second-order valence-corrected chi connectivity index (χ2v) is 5.12. The predicted molar refractivity (Wildman–Crippen MR) is 71.6 cm³/mol. The Kier molecular flexibility index (Phi) is 3.12. The molecule has 1 heterocycles. The fourth-order valence-corrected chi connectivity index (χ4v) is 2.82. The highest BCUT2D eigenvalue weighted by Gasteiger charge is 2.37. The smallest absolute Gasteiger partial charge is 0.208 e. The zero-order chi connectivity index (χ0) is 13.3. The molecule has 0 radical (unpaired) electrons. The normalized spacial score (nSPS) is 21.6. The molecule has 0 bridgehead atoms. The average Bonchev–Trinajstić information content (AvgIpc) is 3.01. The summed E-state index contributed by atoms with van der Waals surface area (Å²) >= 11 is 0. The van der Waals surface area contributed by atoms with Gasteiger partial charge in [0.15, 0.2) is 0 Å². The van der Waals surface area contributed by atoms with E-state index >= 15 is 0 Å². The van der Waals surface area contributed by atoms with Gasteiger partial charge in [-0.05, 0) is 30.9 Å². The zero-order valence-electron chi connectivity index (χ0n) is 11.0. The van der Waals surface area contributed by atoms with Crippen LogP contribution in [0.15, 0.2) is 34.9 Å². The van der Waals surface area contributed by atoms with Crippen molar-refractivity contribution in [1.82, 2.24) is 10.3 Å². The van der Waals surface area contributed by atoms with E-state index in [1.54, 1.807) is 6.20 Å². The Bertz CT molecular complexity index is 579. The number of hydrogen-bond acceptors (Lipinski definition) is 4. The number of rotatable bonds is 4. The van der Waals surface area contributed by atoms with Crippen LogP contribution in [0.2, 0.25) is 0 Å². The molecule has 4 heteroatoms. The fraction of sp³-hybridized carbons (Fsp3) is 0.400. The van der Waals surface area contributed by atoms with Crippen LogP contribution >= 0.6 is 0 Å². The number of nitrogens with one attached hydrogen (secondary N) is 1. The molecule has 0 aliphatic heterocycles. The third-order valence-electron chi connectivity index (χ3n) is 3.87. The number of nitrogens with zero attached hydrogens (tertiary/aromatic N) is 1. The first-order chi connectivity index (χ1) is 9.23. The van der Waals surface area contributed by atoms with Crippen LogP contribution in [0.25, 0.3) is 0 Å². The molecule has 1 aromatic carbocycles.